The van der Waals surface area contributed by atoms with Crippen LogP contribution in [-0.4, -0.2) is 62.3 Å². The van der Waals surface area contributed by atoms with Crippen LogP contribution in [0, 0.1) is 5.82 Å². The first-order valence-corrected chi connectivity index (χ1v) is 16.3. The van der Waals surface area contributed by atoms with E-state index >= 15 is 0 Å². The predicted octanol–water partition coefficient (Wildman–Crippen LogP) is 5.19. The van der Waals surface area contributed by atoms with Gasteiger partial charge in [-0.15, -0.1) is 0 Å². The number of halogens is 1. The number of likely N-dealkylation sites (tertiary alicyclic amines) is 1. The van der Waals surface area contributed by atoms with Crippen molar-refractivity contribution >= 4 is 32.1 Å². The summed E-state index contributed by atoms with van der Waals surface area (Å²) in [6.07, 6.45) is 11.2. The van der Waals surface area contributed by atoms with Gasteiger partial charge < -0.3 is 4.98 Å². The van der Waals surface area contributed by atoms with Crippen molar-refractivity contribution in [3.05, 3.63) is 84.2 Å². The highest BCUT2D eigenvalue weighted by Crippen LogP contribution is 2.35. The molecule has 12 heteroatoms. The molecule has 0 atom stereocenters. The van der Waals surface area contributed by atoms with Crippen LogP contribution >= 0.6 is 0 Å². The fourth-order valence-electron chi connectivity index (χ4n) is 5.99. The van der Waals surface area contributed by atoms with Gasteiger partial charge in [-0.1, -0.05) is 12.5 Å². The third-order valence-corrected chi connectivity index (χ3v) is 8.91. The van der Waals surface area contributed by atoms with Crippen LogP contribution < -0.4 is 5.14 Å². The summed E-state index contributed by atoms with van der Waals surface area (Å²) in [6, 6.07) is 12.5. The Hall–Kier alpha value is -4.52. The molecule has 6 aromatic rings. The minimum atomic E-state index is -3.67. The molecule has 10 nitrogen and oxygen atoms in total. The van der Waals surface area contributed by atoms with Gasteiger partial charge in [0.05, 0.1) is 17.1 Å². The van der Waals surface area contributed by atoms with Crippen LogP contribution in [-0.2, 0) is 23.0 Å². The van der Waals surface area contributed by atoms with E-state index in [1.165, 1.54) is 37.0 Å². The van der Waals surface area contributed by atoms with Crippen LogP contribution in [0.5, 0.6) is 0 Å². The van der Waals surface area contributed by atoms with Crippen LogP contribution in [0.1, 0.15) is 30.4 Å². The van der Waals surface area contributed by atoms with Gasteiger partial charge in [0.15, 0.2) is 5.65 Å². The van der Waals surface area contributed by atoms with Gasteiger partial charge in [-0.05, 0) is 91.0 Å². The second-order valence-electron chi connectivity index (χ2n) is 11.4. The molecule has 44 heavy (non-hydrogen) atoms. The fourth-order valence-corrected chi connectivity index (χ4v) is 6.51. The normalized spacial score (nSPS) is 14.5. The SMILES string of the molecule is NS(=O)(=O)CCc1cc(F)cc(-c2ccnc3[nH]c(-c4[nH]nc5ncc(-c6cncc(CN7CCCCC7)c6)cc45)cc23)c1. The number of hydrogen-bond acceptors (Lipinski definition) is 7. The van der Waals surface area contributed by atoms with Crippen LogP contribution in [0.15, 0.2) is 67.3 Å². The van der Waals surface area contributed by atoms with Crippen molar-refractivity contribution < 1.29 is 12.8 Å². The third kappa shape index (κ3) is 5.96. The van der Waals surface area contributed by atoms with E-state index in [0.29, 0.717) is 22.4 Å². The lowest BCUT2D eigenvalue weighted by Crippen LogP contribution is -2.29. The van der Waals surface area contributed by atoms with Gasteiger partial charge in [0, 0.05) is 53.2 Å². The summed E-state index contributed by atoms with van der Waals surface area (Å²) in [7, 11) is -3.67. The first kappa shape index (κ1) is 28.3. The molecular weight excluding hydrogens is 579 g/mol. The zero-order valence-corrected chi connectivity index (χ0v) is 24.7. The molecule has 1 saturated heterocycles. The number of aromatic amines is 2. The van der Waals surface area contributed by atoms with E-state index in [2.05, 4.69) is 47.2 Å². The quantitative estimate of drug-likeness (QED) is 0.215. The molecule has 224 valence electrons. The molecule has 0 amide bonds. The number of pyridine rings is 3. The number of piperidine rings is 1. The molecule has 6 heterocycles. The van der Waals surface area contributed by atoms with Gasteiger partial charge in [-0.3, -0.25) is 15.0 Å². The summed E-state index contributed by atoms with van der Waals surface area (Å²) in [5, 5.41) is 14.3. The van der Waals surface area contributed by atoms with E-state index in [0.717, 1.165) is 58.5 Å². The average molecular weight is 611 g/mol. The Morgan fingerprint density at radius 2 is 1.70 bits per heavy atom. The Labute approximate surface area is 253 Å². The summed E-state index contributed by atoms with van der Waals surface area (Å²) in [6.45, 7) is 3.13. The Bertz CT molecular complexity index is 2100. The highest BCUT2D eigenvalue weighted by molar-refractivity contribution is 7.89. The smallest absolute Gasteiger partial charge is 0.209 e. The molecule has 0 unspecified atom stereocenters. The number of nitrogens with one attached hydrogen (secondary N) is 2. The molecule has 1 aliphatic rings. The van der Waals surface area contributed by atoms with Gasteiger partial charge in [0.25, 0.3) is 0 Å². The van der Waals surface area contributed by atoms with Crippen molar-refractivity contribution in [2.45, 2.75) is 32.2 Å². The Balaban J connectivity index is 1.23. The lowest BCUT2D eigenvalue weighted by Gasteiger charge is -2.26. The molecule has 0 aliphatic carbocycles. The lowest BCUT2D eigenvalue weighted by molar-refractivity contribution is 0.220. The number of primary sulfonamides is 1. The molecule has 0 radical (unpaired) electrons. The number of nitrogens with zero attached hydrogens (tertiary/aromatic N) is 5. The standard InChI is InChI=1S/C32H31FN8O2S/c33-25-12-20(5-9-44(34,42)43)10-22(13-25)26-4-6-36-31-27(26)15-29(38-31)30-28-14-24(18-37-32(28)40-39-30)23-11-21(16-35-17-23)19-41-7-2-1-3-8-41/h4,6,10-18H,1-3,5,7-9,19H2,(H,36,38)(H2,34,42,43)(H,37,39,40). The molecule has 0 bridgehead atoms. The molecule has 1 fully saturated rings. The molecule has 0 saturated carbocycles. The molecule has 7 rings (SSSR count). The predicted molar refractivity (Wildman–Crippen MR) is 168 cm³/mol. The van der Waals surface area contributed by atoms with Gasteiger partial charge in [-0.25, -0.2) is 27.9 Å². The summed E-state index contributed by atoms with van der Waals surface area (Å²) in [4.78, 5) is 19.5. The minimum Gasteiger partial charge on any atom is -0.338 e. The first-order valence-electron chi connectivity index (χ1n) is 14.6. The maximum Gasteiger partial charge on any atom is 0.209 e. The van der Waals surface area contributed by atoms with Crippen molar-refractivity contribution in [2.24, 2.45) is 5.14 Å². The number of fused-ring (bicyclic) bond motifs is 2. The summed E-state index contributed by atoms with van der Waals surface area (Å²) in [5.74, 6) is -0.724. The monoisotopic (exact) mass is 610 g/mol. The number of H-pyrrole nitrogens is 2. The number of aromatic nitrogens is 6. The third-order valence-electron chi connectivity index (χ3n) is 8.14. The lowest BCUT2D eigenvalue weighted by atomic mass is 10.00. The van der Waals surface area contributed by atoms with E-state index in [9.17, 15) is 12.8 Å². The van der Waals surface area contributed by atoms with E-state index in [-0.39, 0.29) is 12.2 Å². The molecule has 1 aromatic carbocycles. The summed E-state index contributed by atoms with van der Waals surface area (Å²) >= 11 is 0. The zero-order valence-electron chi connectivity index (χ0n) is 23.9. The highest BCUT2D eigenvalue weighted by atomic mass is 32.2. The van der Waals surface area contributed by atoms with Gasteiger partial charge in [-0.2, -0.15) is 5.10 Å². The van der Waals surface area contributed by atoms with Gasteiger partial charge in [0.1, 0.15) is 11.5 Å². The van der Waals surface area contributed by atoms with Crippen LogP contribution in [0.2, 0.25) is 0 Å². The van der Waals surface area contributed by atoms with Crippen LogP contribution in [0.25, 0.3) is 55.7 Å². The Kier molecular flexibility index (Phi) is 7.40. The molecule has 1 aliphatic heterocycles. The largest absolute Gasteiger partial charge is 0.338 e. The molecule has 4 N–H and O–H groups in total. The van der Waals surface area contributed by atoms with E-state index < -0.39 is 15.8 Å². The van der Waals surface area contributed by atoms with Gasteiger partial charge in [0.2, 0.25) is 10.0 Å². The average Bonchev–Trinajstić information content (AvgIpc) is 3.64. The maximum atomic E-state index is 14.6. The van der Waals surface area contributed by atoms with Crippen LogP contribution in [0.4, 0.5) is 4.39 Å². The van der Waals surface area contributed by atoms with Crippen molar-refractivity contribution in [3.63, 3.8) is 0 Å². The topological polar surface area (TPSA) is 147 Å². The number of benzene rings is 1. The number of aryl methyl sites for hydroxylation is 1. The minimum absolute atomic E-state index is 0.113. The Morgan fingerprint density at radius 1 is 0.886 bits per heavy atom. The highest BCUT2D eigenvalue weighted by Gasteiger charge is 2.17. The Morgan fingerprint density at radius 3 is 2.55 bits per heavy atom. The van der Waals surface area contributed by atoms with Crippen molar-refractivity contribution in [2.75, 3.05) is 18.8 Å². The summed E-state index contributed by atoms with van der Waals surface area (Å²) < 4.78 is 37.6. The molecule has 5 aromatic heterocycles. The second kappa shape index (κ2) is 11.5. The molecule has 0 spiro atoms. The number of hydrogen-bond donors (Lipinski definition) is 3. The van der Waals surface area contributed by atoms with E-state index in [1.54, 1.807) is 12.3 Å². The van der Waals surface area contributed by atoms with E-state index in [4.69, 9.17) is 5.14 Å². The first-order chi connectivity index (χ1) is 21.3. The number of nitrogens with two attached hydrogens (primary N) is 1. The number of rotatable bonds is 8. The molecular formula is C32H31FN8O2S. The number of sulfonamides is 1. The maximum absolute atomic E-state index is 14.6. The van der Waals surface area contributed by atoms with Crippen molar-refractivity contribution in [1.82, 2.24) is 35.0 Å². The van der Waals surface area contributed by atoms with Gasteiger partial charge >= 0.3 is 0 Å². The van der Waals surface area contributed by atoms with Crippen molar-refractivity contribution in [3.8, 4) is 33.6 Å². The fraction of sp³-hybridized carbons (Fsp3) is 0.250. The summed E-state index contributed by atoms with van der Waals surface area (Å²) in [5.41, 5.74) is 7.73. The van der Waals surface area contributed by atoms with E-state index in [1.807, 2.05) is 30.7 Å². The second-order valence-corrected chi connectivity index (χ2v) is 13.1. The van der Waals surface area contributed by atoms with Crippen LogP contribution in [0.3, 0.4) is 0 Å². The zero-order chi connectivity index (χ0) is 30.3. The van der Waals surface area contributed by atoms with Crippen molar-refractivity contribution in [1.29, 1.82) is 0 Å².